The van der Waals surface area contributed by atoms with Crippen molar-refractivity contribution in [2.45, 2.75) is 12.6 Å². The third kappa shape index (κ3) is 3.28. The summed E-state index contributed by atoms with van der Waals surface area (Å²) in [6.45, 7) is 1.07. The van der Waals surface area contributed by atoms with Gasteiger partial charge in [-0.05, 0) is 24.1 Å². The molecule has 1 aliphatic rings. The minimum Gasteiger partial charge on any atom is -0.404 e. The summed E-state index contributed by atoms with van der Waals surface area (Å²) in [7, 11) is 1.71. The van der Waals surface area contributed by atoms with Crippen LogP contribution in [0.1, 0.15) is 12.0 Å². The molecule has 0 radical (unpaired) electrons. The van der Waals surface area contributed by atoms with Crippen molar-refractivity contribution in [1.29, 1.82) is 0 Å². The smallest absolute Gasteiger partial charge is 0.130 e. The maximum atomic E-state index is 13.5. The molecule has 1 atom stereocenters. The fourth-order valence-corrected chi connectivity index (χ4v) is 3.39. The number of halogens is 1. The lowest BCUT2D eigenvalue weighted by Gasteiger charge is -2.17. The van der Waals surface area contributed by atoms with Gasteiger partial charge in [0.05, 0.1) is 23.9 Å². The number of pyridine rings is 1. The molecule has 3 aromatic rings. The van der Waals surface area contributed by atoms with Crippen molar-refractivity contribution in [3.8, 4) is 5.69 Å². The molecule has 2 N–H and O–H groups in total. The lowest BCUT2D eigenvalue weighted by atomic mass is 10.1. The minimum absolute atomic E-state index is 0.390. The van der Waals surface area contributed by atoms with Crippen LogP contribution in [0.15, 0.2) is 53.9 Å². The standard InChI is InChI=1S/C20H21FN6/c1-23-11-16(10-22)14-2-3-15-12-25-27(19(15)8-14)18-4-6-24-20(9-18)26-7-5-17(21)13-26/h2-4,6,8-12,17H,5,7,13,22H2,1H3/b16-10+,23-11?/t17-/m1/s1. The second kappa shape index (κ2) is 7.19. The summed E-state index contributed by atoms with van der Waals surface area (Å²) in [6, 6.07) is 9.90. The van der Waals surface area contributed by atoms with Gasteiger partial charge >= 0.3 is 0 Å². The highest BCUT2D eigenvalue weighted by Gasteiger charge is 2.23. The van der Waals surface area contributed by atoms with E-state index in [1.165, 1.54) is 0 Å². The fourth-order valence-electron chi connectivity index (χ4n) is 3.39. The maximum Gasteiger partial charge on any atom is 0.130 e. The predicted molar refractivity (Wildman–Crippen MR) is 107 cm³/mol. The summed E-state index contributed by atoms with van der Waals surface area (Å²) < 4.78 is 15.4. The summed E-state index contributed by atoms with van der Waals surface area (Å²) in [5, 5.41) is 5.55. The molecule has 138 valence electrons. The summed E-state index contributed by atoms with van der Waals surface area (Å²) in [6.07, 6.45) is 6.60. The van der Waals surface area contributed by atoms with Crippen molar-refractivity contribution < 1.29 is 4.39 Å². The van der Waals surface area contributed by atoms with Gasteiger partial charge in [-0.1, -0.05) is 12.1 Å². The number of anilines is 1. The molecule has 0 saturated carbocycles. The Labute approximate surface area is 156 Å². The van der Waals surface area contributed by atoms with Crippen LogP contribution < -0.4 is 10.6 Å². The molecule has 0 unspecified atom stereocenters. The van der Waals surface area contributed by atoms with E-state index in [9.17, 15) is 4.39 Å². The van der Waals surface area contributed by atoms with Gasteiger partial charge in [0.25, 0.3) is 0 Å². The first kappa shape index (κ1) is 17.2. The third-order valence-corrected chi connectivity index (χ3v) is 4.78. The average molecular weight is 364 g/mol. The van der Waals surface area contributed by atoms with Crippen LogP contribution in [0.3, 0.4) is 0 Å². The summed E-state index contributed by atoms with van der Waals surface area (Å²) >= 11 is 0. The van der Waals surface area contributed by atoms with Gasteiger partial charge in [0.2, 0.25) is 0 Å². The van der Waals surface area contributed by atoms with E-state index in [0.29, 0.717) is 19.5 Å². The monoisotopic (exact) mass is 364 g/mol. The normalized spacial score (nSPS) is 18.1. The van der Waals surface area contributed by atoms with E-state index in [1.54, 1.807) is 25.7 Å². The predicted octanol–water partition coefficient (Wildman–Crippen LogP) is 2.97. The fraction of sp³-hybridized carbons (Fsp3) is 0.250. The van der Waals surface area contributed by atoms with Crippen LogP contribution in [0.2, 0.25) is 0 Å². The number of alkyl halides is 1. The Kier molecular flexibility index (Phi) is 4.58. The second-order valence-corrected chi connectivity index (χ2v) is 6.54. The molecule has 6 nitrogen and oxygen atoms in total. The van der Waals surface area contributed by atoms with Crippen molar-refractivity contribution >= 4 is 28.5 Å². The SMILES string of the molecule is CN=C/C(=C\N)c1ccc2cnn(-c3ccnc(N4CC[C@@H](F)C4)c3)c2c1. The van der Waals surface area contributed by atoms with E-state index in [2.05, 4.69) is 15.1 Å². The van der Waals surface area contributed by atoms with Crippen LogP contribution in [-0.4, -0.2) is 47.3 Å². The Hall–Kier alpha value is -3.22. The zero-order valence-electron chi connectivity index (χ0n) is 15.1. The zero-order valence-corrected chi connectivity index (χ0v) is 15.1. The Morgan fingerprint density at radius 1 is 1.33 bits per heavy atom. The largest absolute Gasteiger partial charge is 0.404 e. The number of nitrogens with two attached hydrogens (primary N) is 1. The Bertz CT molecular complexity index is 1020. The molecule has 1 aliphatic heterocycles. The average Bonchev–Trinajstić information content (AvgIpc) is 3.32. The number of fused-ring (bicyclic) bond motifs is 1. The number of aromatic nitrogens is 3. The highest BCUT2D eigenvalue weighted by molar-refractivity contribution is 6.10. The van der Waals surface area contributed by atoms with E-state index >= 15 is 0 Å². The quantitative estimate of drug-likeness (QED) is 0.723. The van der Waals surface area contributed by atoms with E-state index in [4.69, 9.17) is 5.73 Å². The van der Waals surface area contributed by atoms with Crippen molar-refractivity contribution in [1.82, 2.24) is 14.8 Å². The van der Waals surface area contributed by atoms with Gasteiger partial charge < -0.3 is 10.6 Å². The summed E-state index contributed by atoms with van der Waals surface area (Å²) in [5.74, 6) is 0.771. The Balaban J connectivity index is 1.76. The zero-order chi connectivity index (χ0) is 18.8. The molecule has 7 heteroatoms. The molecular formula is C20H21FN6. The van der Waals surface area contributed by atoms with Crippen LogP contribution in [-0.2, 0) is 0 Å². The molecule has 4 rings (SSSR count). The second-order valence-electron chi connectivity index (χ2n) is 6.54. The van der Waals surface area contributed by atoms with Gasteiger partial charge in [-0.15, -0.1) is 0 Å². The first-order chi connectivity index (χ1) is 13.2. The van der Waals surface area contributed by atoms with Gasteiger partial charge in [0.1, 0.15) is 12.0 Å². The first-order valence-electron chi connectivity index (χ1n) is 8.87. The first-order valence-corrected chi connectivity index (χ1v) is 8.87. The van der Waals surface area contributed by atoms with Crippen molar-refractivity contribution in [3.63, 3.8) is 0 Å². The van der Waals surface area contributed by atoms with Gasteiger partial charge in [-0.2, -0.15) is 5.10 Å². The number of rotatable bonds is 4. The van der Waals surface area contributed by atoms with Gasteiger partial charge in [-0.25, -0.2) is 14.1 Å². The number of benzene rings is 1. The number of hydrogen-bond donors (Lipinski definition) is 1. The summed E-state index contributed by atoms with van der Waals surface area (Å²) in [5.41, 5.74) is 9.39. The molecule has 2 aromatic heterocycles. The highest BCUT2D eigenvalue weighted by Crippen LogP contribution is 2.25. The van der Waals surface area contributed by atoms with E-state index in [1.807, 2.05) is 46.1 Å². The molecule has 0 amide bonds. The van der Waals surface area contributed by atoms with Crippen molar-refractivity contribution in [2.24, 2.45) is 10.7 Å². The van der Waals surface area contributed by atoms with Crippen LogP contribution in [0.4, 0.5) is 10.2 Å². The highest BCUT2D eigenvalue weighted by atomic mass is 19.1. The molecule has 0 aliphatic carbocycles. The molecule has 0 bridgehead atoms. The lowest BCUT2D eigenvalue weighted by molar-refractivity contribution is 0.364. The minimum atomic E-state index is -0.787. The van der Waals surface area contributed by atoms with E-state index in [0.717, 1.165) is 33.5 Å². The maximum absolute atomic E-state index is 13.5. The van der Waals surface area contributed by atoms with Gasteiger partial charge in [0.15, 0.2) is 0 Å². The number of hydrogen-bond acceptors (Lipinski definition) is 5. The van der Waals surface area contributed by atoms with E-state index < -0.39 is 6.17 Å². The molecule has 1 aromatic carbocycles. The third-order valence-electron chi connectivity index (χ3n) is 4.78. The van der Waals surface area contributed by atoms with Crippen molar-refractivity contribution in [3.05, 3.63) is 54.5 Å². The molecule has 1 saturated heterocycles. The molecule has 3 heterocycles. The number of allylic oxidation sites excluding steroid dienone is 1. The number of nitrogens with zero attached hydrogens (tertiary/aromatic N) is 5. The van der Waals surface area contributed by atoms with Crippen LogP contribution in [0, 0.1) is 0 Å². The number of aliphatic imine (C=N–C) groups is 1. The molecule has 1 fully saturated rings. The Morgan fingerprint density at radius 2 is 2.22 bits per heavy atom. The van der Waals surface area contributed by atoms with Gasteiger partial charge in [0, 0.05) is 49.2 Å². The summed E-state index contributed by atoms with van der Waals surface area (Å²) in [4.78, 5) is 10.4. The van der Waals surface area contributed by atoms with Crippen LogP contribution in [0.5, 0.6) is 0 Å². The van der Waals surface area contributed by atoms with Crippen LogP contribution in [0.25, 0.3) is 22.2 Å². The van der Waals surface area contributed by atoms with E-state index in [-0.39, 0.29) is 0 Å². The molecular weight excluding hydrogens is 343 g/mol. The van der Waals surface area contributed by atoms with Crippen molar-refractivity contribution in [2.75, 3.05) is 25.0 Å². The van der Waals surface area contributed by atoms with Crippen LogP contribution >= 0.6 is 0 Å². The Morgan fingerprint density at radius 3 is 2.96 bits per heavy atom. The topological polar surface area (TPSA) is 72.3 Å². The lowest BCUT2D eigenvalue weighted by Crippen LogP contribution is -2.21. The van der Waals surface area contributed by atoms with Gasteiger partial charge in [-0.3, -0.25) is 4.99 Å². The molecule has 0 spiro atoms. The molecule has 27 heavy (non-hydrogen) atoms.